The monoisotopic (exact) mass is 353 g/mol. The SMILES string of the molecule is COc1cccc(-c2nc(N3CCN(C)CC3)nc3nn(C)c(N)c23)c1. The fraction of sp³-hybridized carbons (Fsp3) is 0.389. The van der Waals surface area contributed by atoms with Gasteiger partial charge in [0.1, 0.15) is 11.6 Å². The topological polar surface area (TPSA) is 85.3 Å². The predicted molar refractivity (Wildman–Crippen MR) is 102 cm³/mol. The minimum atomic E-state index is 0.558. The standard InChI is InChI=1S/C18H23N7O/c1-23-7-9-25(10-8-23)18-20-15(12-5-4-6-13(11-12)26-3)14-16(19)24(2)22-17(14)21-18/h4-6,11H,7-10,19H2,1-3H3. The Labute approximate surface area is 152 Å². The third-order valence-corrected chi connectivity index (χ3v) is 4.86. The first-order valence-corrected chi connectivity index (χ1v) is 8.65. The number of nitrogen functional groups attached to an aromatic ring is 1. The lowest BCUT2D eigenvalue weighted by atomic mass is 10.1. The molecular formula is C18H23N7O. The summed E-state index contributed by atoms with van der Waals surface area (Å²) >= 11 is 0. The Bertz CT molecular complexity index is 944. The van der Waals surface area contributed by atoms with Crippen LogP contribution in [0.1, 0.15) is 0 Å². The van der Waals surface area contributed by atoms with Gasteiger partial charge in [-0.3, -0.25) is 4.68 Å². The number of anilines is 2. The summed E-state index contributed by atoms with van der Waals surface area (Å²) < 4.78 is 7.02. The molecule has 0 saturated carbocycles. The average molecular weight is 353 g/mol. The van der Waals surface area contributed by atoms with E-state index >= 15 is 0 Å². The van der Waals surface area contributed by atoms with Crippen LogP contribution < -0.4 is 15.4 Å². The van der Waals surface area contributed by atoms with Crippen LogP contribution in [0.3, 0.4) is 0 Å². The van der Waals surface area contributed by atoms with Crippen LogP contribution in [-0.4, -0.2) is 65.0 Å². The fourth-order valence-corrected chi connectivity index (χ4v) is 3.23. The van der Waals surface area contributed by atoms with Crippen LogP contribution in [0, 0.1) is 0 Å². The van der Waals surface area contributed by atoms with Gasteiger partial charge in [0.15, 0.2) is 5.65 Å². The van der Waals surface area contributed by atoms with Crippen molar-refractivity contribution in [3.63, 3.8) is 0 Å². The molecule has 8 nitrogen and oxygen atoms in total. The lowest BCUT2D eigenvalue weighted by Crippen LogP contribution is -2.45. The maximum Gasteiger partial charge on any atom is 0.228 e. The normalized spacial score (nSPS) is 15.6. The zero-order valence-electron chi connectivity index (χ0n) is 15.3. The van der Waals surface area contributed by atoms with Crippen molar-refractivity contribution in [2.45, 2.75) is 0 Å². The van der Waals surface area contributed by atoms with Crippen molar-refractivity contribution in [1.29, 1.82) is 0 Å². The van der Waals surface area contributed by atoms with Crippen LogP contribution in [0.2, 0.25) is 0 Å². The van der Waals surface area contributed by atoms with E-state index in [0.29, 0.717) is 17.4 Å². The molecule has 0 atom stereocenters. The number of nitrogens with two attached hydrogens (primary N) is 1. The van der Waals surface area contributed by atoms with E-state index in [1.165, 1.54) is 0 Å². The Hall–Kier alpha value is -2.87. The van der Waals surface area contributed by atoms with Crippen LogP contribution in [0.5, 0.6) is 5.75 Å². The summed E-state index contributed by atoms with van der Waals surface area (Å²) in [6.07, 6.45) is 0. The summed E-state index contributed by atoms with van der Waals surface area (Å²) in [6.45, 7) is 3.75. The first-order chi connectivity index (χ1) is 12.6. The molecule has 0 bridgehead atoms. The van der Waals surface area contributed by atoms with Crippen molar-refractivity contribution in [1.82, 2.24) is 24.6 Å². The maximum atomic E-state index is 6.26. The van der Waals surface area contributed by atoms with Gasteiger partial charge >= 0.3 is 0 Å². The zero-order chi connectivity index (χ0) is 18.3. The molecule has 2 aromatic heterocycles. The second kappa shape index (κ2) is 6.45. The van der Waals surface area contributed by atoms with Gasteiger partial charge in [-0.15, -0.1) is 0 Å². The van der Waals surface area contributed by atoms with Gasteiger partial charge in [0.05, 0.1) is 18.2 Å². The summed E-state index contributed by atoms with van der Waals surface area (Å²) in [6, 6.07) is 7.83. The largest absolute Gasteiger partial charge is 0.497 e. The fourth-order valence-electron chi connectivity index (χ4n) is 3.23. The number of rotatable bonds is 3. The van der Waals surface area contributed by atoms with Gasteiger partial charge < -0.3 is 20.3 Å². The number of hydrogen-bond acceptors (Lipinski definition) is 7. The molecule has 0 spiro atoms. The second-order valence-corrected chi connectivity index (χ2v) is 6.60. The Morgan fingerprint density at radius 3 is 2.58 bits per heavy atom. The number of aryl methyl sites for hydroxylation is 1. The first kappa shape index (κ1) is 16.6. The van der Waals surface area contributed by atoms with Crippen molar-refractivity contribution < 1.29 is 4.74 Å². The number of nitrogens with zero attached hydrogens (tertiary/aromatic N) is 6. The smallest absolute Gasteiger partial charge is 0.228 e. The van der Waals surface area contributed by atoms with Crippen molar-refractivity contribution in [3.8, 4) is 17.0 Å². The van der Waals surface area contributed by atoms with Crippen LogP contribution in [-0.2, 0) is 7.05 Å². The Morgan fingerprint density at radius 1 is 1.08 bits per heavy atom. The summed E-state index contributed by atoms with van der Waals surface area (Å²) in [4.78, 5) is 14.1. The van der Waals surface area contributed by atoms with Gasteiger partial charge in [-0.25, -0.2) is 4.98 Å². The minimum Gasteiger partial charge on any atom is -0.497 e. The van der Waals surface area contributed by atoms with Gasteiger partial charge in [0.2, 0.25) is 5.95 Å². The van der Waals surface area contributed by atoms with Crippen molar-refractivity contribution in [2.75, 3.05) is 51.0 Å². The Morgan fingerprint density at radius 2 is 1.85 bits per heavy atom. The summed E-state index contributed by atoms with van der Waals surface area (Å²) in [5.41, 5.74) is 8.60. The molecule has 3 heterocycles. The molecule has 2 N–H and O–H groups in total. The van der Waals surface area contributed by atoms with E-state index in [4.69, 9.17) is 15.5 Å². The molecule has 8 heteroatoms. The first-order valence-electron chi connectivity index (χ1n) is 8.65. The molecule has 0 amide bonds. The molecule has 0 radical (unpaired) electrons. The van der Waals surface area contributed by atoms with E-state index in [1.807, 2.05) is 31.3 Å². The zero-order valence-corrected chi connectivity index (χ0v) is 15.3. The summed E-state index contributed by atoms with van der Waals surface area (Å²) in [7, 11) is 5.60. The molecule has 3 aromatic rings. The molecule has 1 aliphatic heterocycles. The molecule has 0 unspecified atom stereocenters. The van der Waals surface area contributed by atoms with Crippen LogP contribution in [0.25, 0.3) is 22.3 Å². The number of ether oxygens (including phenoxy) is 1. The third-order valence-electron chi connectivity index (χ3n) is 4.86. The maximum absolute atomic E-state index is 6.26. The number of hydrogen-bond donors (Lipinski definition) is 1. The van der Waals surface area contributed by atoms with Gasteiger partial charge in [0.25, 0.3) is 0 Å². The van der Waals surface area contributed by atoms with E-state index < -0.39 is 0 Å². The number of fused-ring (bicyclic) bond motifs is 1. The molecule has 0 aliphatic carbocycles. The molecule has 1 saturated heterocycles. The van der Waals surface area contributed by atoms with E-state index in [0.717, 1.165) is 48.6 Å². The highest BCUT2D eigenvalue weighted by Crippen LogP contribution is 2.33. The number of piperazine rings is 1. The molecule has 1 aliphatic rings. The average Bonchev–Trinajstić information content (AvgIpc) is 2.95. The van der Waals surface area contributed by atoms with E-state index in [1.54, 1.807) is 11.8 Å². The number of methoxy groups -OCH3 is 1. The summed E-state index contributed by atoms with van der Waals surface area (Å²) in [5, 5.41) is 5.26. The number of likely N-dealkylation sites (N-methyl/N-ethyl adjacent to an activating group) is 1. The molecule has 1 aromatic carbocycles. The van der Waals surface area contributed by atoms with Crippen LogP contribution >= 0.6 is 0 Å². The highest BCUT2D eigenvalue weighted by molar-refractivity contribution is 5.99. The van der Waals surface area contributed by atoms with Crippen molar-refractivity contribution in [3.05, 3.63) is 24.3 Å². The lowest BCUT2D eigenvalue weighted by molar-refractivity contribution is 0.311. The van der Waals surface area contributed by atoms with Crippen LogP contribution in [0.15, 0.2) is 24.3 Å². The molecule has 1 fully saturated rings. The number of benzene rings is 1. The second-order valence-electron chi connectivity index (χ2n) is 6.60. The van der Waals surface area contributed by atoms with Crippen molar-refractivity contribution in [2.24, 2.45) is 7.05 Å². The quantitative estimate of drug-likeness (QED) is 0.761. The van der Waals surface area contributed by atoms with Gasteiger partial charge in [-0.2, -0.15) is 10.1 Å². The molecule has 4 rings (SSSR count). The number of aromatic nitrogens is 4. The molecular weight excluding hydrogens is 330 g/mol. The van der Waals surface area contributed by atoms with E-state index in [-0.39, 0.29) is 0 Å². The predicted octanol–water partition coefficient (Wildman–Crippen LogP) is 1.37. The third kappa shape index (κ3) is 2.82. The lowest BCUT2D eigenvalue weighted by Gasteiger charge is -2.32. The molecule has 136 valence electrons. The minimum absolute atomic E-state index is 0.558. The highest BCUT2D eigenvalue weighted by Gasteiger charge is 2.22. The van der Waals surface area contributed by atoms with Crippen LogP contribution in [0.4, 0.5) is 11.8 Å². The Kier molecular flexibility index (Phi) is 4.12. The van der Waals surface area contributed by atoms with E-state index in [2.05, 4.69) is 26.9 Å². The highest BCUT2D eigenvalue weighted by atomic mass is 16.5. The van der Waals surface area contributed by atoms with Gasteiger partial charge in [-0.1, -0.05) is 12.1 Å². The van der Waals surface area contributed by atoms with Crippen molar-refractivity contribution >= 4 is 22.8 Å². The van der Waals surface area contributed by atoms with Gasteiger partial charge in [0, 0.05) is 38.8 Å². The van der Waals surface area contributed by atoms with E-state index in [9.17, 15) is 0 Å². The summed E-state index contributed by atoms with van der Waals surface area (Å²) in [5.74, 6) is 2.03. The Balaban J connectivity index is 1.88. The molecule has 26 heavy (non-hydrogen) atoms. The van der Waals surface area contributed by atoms with Gasteiger partial charge in [-0.05, 0) is 19.2 Å².